The third-order valence-corrected chi connectivity index (χ3v) is 5.15. The van der Waals surface area contributed by atoms with Crippen LogP contribution in [0.4, 0.5) is 5.82 Å². The molecule has 0 atom stereocenters. The molecular weight excluding hydrogens is 312 g/mol. The Morgan fingerprint density at radius 1 is 1.16 bits per heavy atom. The summed E-state index contributed by atoms with van der Waals surface area (Å²) in [6.07, 6.45) is 5.46. The van der Waals surface area contributed by atoms with E-state index < -0.39 is 0 Å². The summed E-state index contributed by atoms with van der Waals surface area (Å²) in [5.74, 6) is 3.94. The molecule has 5 heteroatoms. The molecule has 4 rings (SSSR count). The highest BCUT2D eigenvalue weighted by atomic mass is 16.5. The van der Waals surface area contributed by atoms with Crippen molar-refractivity contribution in [3.8, 4) is 5.75 Å². The molecule has 5 nitrogen and oxygen atoms in total. The van der Waals surface area contributed by atoms with Crippen LogP contribution in [0.15, 0.2) is 30.3 Å². The van der Waals surface area contributed by atoms with E-state index >= 15 is 0 Å². The number of benzene rings is 1. The molecule has 1 heterocycles. The number of nitrogens with two attached hydrogens (primary N) is 1. The molecule has 2 fully saturated rings. The minimum absolute atomic E-state index is 0.341. The highest BCUT2D eigenvalue weighted by Crippen LogP contribution is 2.41. The summed E-state index contributed by atoms with van der Waals surface area (Å²) in [6.45, 7) is 0.845. The number of rotatable bonds is 7. The van der Waals surface area contributed by atoms with Gasteiger partial charge in [0.15, 0.2) is 0 Å². The Balaban J connectivity index is 1.42. The molecular formula is C20H26N4O. The summed E-state index contributed by atoms with van der Waals surface area (Å²) >= 11 is 0. The third-order valence-electron chi connectivity index (χ3n) is 5.15. The van der Waals surface area contributed by atoms with Crippen molar-refractivity contribution in [1.29, 1.82) is 0 Å². The second-order valence-electron chi connectivity index (χ2n) is 7.27. The molecule has 3 N–H and O–H groups in total. The molecule has 0 spiro atoms. The van der Waals surface area contributed by atoms with E-state index in [2.05, 4.69) is 23.5 Å². The summed E-state index contributed by atoms with van der Waals surface area (Å²) < 4.78 is 5.29. The van der Waals surface area contributed by atoms with Crippen LogP contribution in [0.5, 0.6) is 5.75 Å². The summed E-state index contributed by atoms with van der Waals surface area (Å²) in [5, 5.41) is 3.49. The van der Waals surface area contributed by atoms with Gasteiger partial charge in [-0.1, -0.05) is 12.1 Å². The monoisotopic (exact) mass is 338 g/mol. The lowest BCUT2D eigenvalue weighted by Gasteiger charge is -2.32. The van der Waals surface area contributed by atoms with E-state index in [-0.39, 0.29) is 0 Å². The minimum atomic E-state index is 0.341. The first-order valence-corrected chi connectivity index (χ1v) is 9.22. The molecule has 0 unspecified atom stereocenters. The lowest BCUT2D eigenvalue weighted by atomic mass is 9.78. The average molecular weight is 338 g/mol. The number of anilines is 1. The van der Waals surface area contributed by atoms with Crippen molar-refractivity contribution in [3.63, 3.8) is 0 Å². The second kappa shape index (κ2) is 7.00. The molecule has 0 radical (unpaired) electrons. The molecule has 2 aromatic rings. The highest BCUT2D eigenvalue weighted by Gasteiger charge is 2.32. The van der Waals surface area contributed by atoms with Gasteiger partial charge < -0.3 is 15.8 Å². The Morgan fingerprint density at radius 3 is 2.72 bits per heavy atom. The van der Waals surface area contributed by atoms with Crippen LogP contribution in [-0.2, 0) is 6.42 Å². The summed E-state index contributed by atoms with van der Waals surface area (Å²) in [6, 6.07) is 10.7. The van der Waals surface area contributed by atoms with E-state index in [9.17, 15) is 0 Å². The Hall–Kier alpha value is -2.14. The molecule has 2 aliphatic rings. The standard InChI is InChI=1S/C20H26N4O/c1-25-17-4-2-3-13(9-17)7-8-22-19-12-18(15-10-16(21)11-15)23-20(24-19)14-5-6-14/h2-4,9,12,14-16H,5-8,10-11,21H2,1H3,(H,22,23,24). The Bertz CT molecular complexity index is 738. The lowest BCUT2D eigenvalue weighted by molar-refractivity contribution is 0.344. The van der Waals surface area contributed by atoms with E-state index in [4.69, 9.17) is 20.4 Å². The number of hydrogen-bond acceptors (Lipinski definition) is 5. The predicted octanol–water partition coefficient (Wildman–Crippen LogP) is 3.22. The van der Waals surface area contributed by atoms with Gasteiger partial charge in [-0.3, -0.25) is 0 Å². The van der Waals surface area contributed by atoms with Crippen molar-refractivity contribution < 1.29 is 4.74 Å². The van der Waals surface area contributed by atoms with E-state index in [1.54, 1.807) is 7.11 Å². The number of hydrogen-bond donors (Lipinski definition) is 2. The number of methoxy groups -OCH3 is 1. The van der Waals surface area contributed by atoms with Crippen molar-refractivity contribution in [1.82, 2.24) is 9.97 Å². The maximum absolute atomic E-state index is 5.95. The van der Waals surface area contributed by atoms with Gasteiger partial charge in [0.25, 0.3) is 0 Å². The van der Waals surface area contributed by atoms with Gasteiger partial charge in [-0.25, -0.2) is 9.97 Å². The zero-order chi connectivity index (χ0) is 17.2. The van der Waals surface area contributed by atoms with E-state index in [0.717, 1.165) is 43.2 Å². The molecule has 0 saturated heterocycles. The zero-order valence-corrected chi connectivity index (χ0v) is 14.7. The van der Waals surface area contributed by atoms with Crippen LogP contribution >= 0.6 is 0 Å². The lowest BCUT2D eigenvalue weighted by Crippen LogP contribution is -2.35. The van der Waals surface area contributed by atoms with E-state index in [0.29, 0.717) is 17.9 Å². The Kier molecular flexibility index (Phi) is 4.57. The van der Waals surface area contributed by atoms with Gasteiger partial charge in [0.1, 0.15) is 17.4 Å². The molecule has 25 heavy (non-hydrogen) atoms. The summed E-state index contributed by atoms with van der Waals surface area (Å²) in [7, 11) is 1.70. The van der Waals surface area contributed by atoms with Crippen molar-refractivity contribution in [3.05, 3.63) is 47.4 Å². The number of ether oxygens (including phenoxy) is 1. The fourth-order valence-electron chi connectivity index (χ4n) is 3.38. The number of nitrogens with zero attached hydrogens (tertiary/aromatic N) is 2. The normalized spacial score (nSPS) is 22.3. The van der Waals surface area contributed by atoms with E-state index in [1.807, 2.05) is 12.1 Å². The van der Waals surface area contributed by atoms with Gasteiger partial charge >= 0.3 is 0 Å². The predicted molar refractivity (Wildman–Crippen MR) is 99.1 cm³/mol. The summed E-state index contributed by atoms with van der Waals surface area (Å²) in [5.41, 5.74) is 8.38. The SMILES string of the molecule is COc1cccc(CCNc2cc(C3CC(N)C3)nc(C3CC3)n2)c1. The quantitative estimate of drug-likeness (QED) is 0.811. The van der Waals surface area contributed by atoms with Gasteiger partial charge in [-0.2, -0.15) is 0 Å². The van der Waals surface area contributed by atoms with Crippen molar-refractivity contribution in [2.24, 2.45) is 5.73 Å². The third kappa shape index (κ3) is 3.93. The smallest absolute Gasteiger partial charge is 0.134 e. The molecule has 1 aromatic carbocycles. The van der Waals surface area contributed by atoms with Crippen molar-refractivity contribution >= 4 is 5.82 Å². The van der Waals surface area contributed by atoms with Gasteiger partial charge in [0, 0.05) is 36.2 Å². The van der Waals surface area contributed by atoms with E-state index in [1.165, 1.54) is 24.1 Å². The zero-order valence-electron chi connectivity index (χ0n) is 14.7. The fourth-order valence-corrected chi connectivity index (χ4v) is 3.38. The first kappa shape index (κ1) is 16.3. The highest BCUT2D eigenvalue weighted by molar-refractivity contribution is 5.39. The number of nitrogens with one attached hydrogen (secondary N) is 1. The Labute approximate surface area is 149 Å². The molecule has 1 aromatic heterocycles. The number of aromatic nitrogens is 2. The Morgan fingerprint density at radius 2 is 2.00 bits per heavy atom. The first-order chi connectivity index (χ1) is 12.2. The van der Waals surface area contributed by atoms with Gasteiger partial charge in [0.2, 0.25) is 0 Å². The van der Waals surface area contributed by atoms with Crippen molar-refractivity contribution in [2.45, 2.75) is 50.0 Å². The molecule has 2 aliphatic carbocycles. The molecule has 132 valence electrons. The first-order valence-electron chi connectivity index (χ1n) is 9.22. The minimum Gasteiger partial charge on any atom is -0.497 e. The largest absolute Gasteiger partial charge is 0.497 e. The average Bonchev–Trinajstić information content (AvgIpc) is 3.44. The fraction of sp³-hybridized carbons (Fsp3) is 0.500. The molecule has 0 bridgehead atoms. The van der Waals surface area contributed by atoms with Crippen LogP contribution in [0, 0.1) is 0 Å². The molecule has 0 aliphatic heterocycles. The van der Waals surface area contributed by atoms with Crippen LogP contribution in [0.3, 0.4) is 0 Å². The maximum atomic E-state index is 5.95. The molecule has 0 amide bonds. The van der Waals surface area contributed by atoms with Crippen molar-refractivity contribution in [2.75, 3.05) is 19.0 Å². The summed E-state index contributed by atoms with van der Waals surface area (Å²) in [4.78, 5) is 9.56. The second-order valence-corrected chi connectivity index (χ2v) is 7.27. The molecule has 2 saturated carbocycles. The topological polar surface area (TPSA) is 73.1 Å². The van der Waals surface area contributed by atoms with Crippen LogP contribution in [-0.4, -0.2) is 29.7 Å². The van der Waals surface area contributed by atoms with Crippen LogP contribution < -0.4 is 15.8 Å². The van der Waals surface area contributed by atoms with Crippen LogP contribution in [0.2, 0.25) is 0 Å². The maximum Gasteiger partial charge on any atom is 0.134 e. The van der Waals surface area contributed by atoms with Gasteiger partial charge in [-0.05, 0) is 49.8 Å². The van der Waals surface area contributed by atoms with Crippen LogP contribution in [0.25, 0.3) is 0 Å². The van der Waals surface area contributed by atoms with Gasteiger partial charge in [0.05, 0.1) is 7.11 Å². The van der Waals surface area contributed by atoms with Crippen LogP contribution in [0.1, 0.15) is 54.6 Å². The van der Waals surface area contributed by atoms with Gasteiger partial charge in [-0.15, -0.1) is 0 Å².